The number of nitrogens with zero attached hydrogens (tertiary/aromatic N) is 2. The largest absolute Gasteiger partial charge is 0.481 e. The lowest BCUT2D eigenvalue weighted by atomic mass is 10.1. The molecule has 1 heterocycles. The monoisotopic (exact) mass is 401 g/mol. The van der Waals surface area contributed by atoms with Crippen molar-refractivity contribution in [3.05, 3.63) is 71.9 Å². The second-order valence-electron chi connectivity index (χ2n) is 6.11. The number of aromatic nitrogens is 2. The SMILES string of the molecule is C[C@H](Oc1ccc(F)cc1)c1nnc(SCC(=O)N[C@H](C)c2ccccc2)o1. The number of hydrogen-bond acceptors (Lipinski definition) is 6. The summed E-state index contributed by atoms with van der Waals surface area (Å²) in [7, 11) is 0. The molecule has 0 bridgehead atoms. The van der Waals surface area contributed by atoms with E-state index in [2.05, 4.69) is 15.5 Å². The molecule has 1 amide bonds. The van der Waals surface area contributed by atoms with E-state index >= 15 is 0 Å². The van der Waals surface area contributed by atoms with Crippen molar-refractivity contribution in [3.63, 3.8) is 0 Å². The minimum absolute atomic E-state index is 0.0864. The molecule has 0 aliphatic heterocycles. The zero-order valence-electron chi connectivity index (χ0n) is 15.5. The van der Waals surface area contributed by atoms with Gasteiger partial charge in [0.2, 0.25) is 5.91 Å². The quantitative estimate of drug-likeness (QED) is 0.567. The number of benzene rings is 2. The van der Waals surface area contributed by atoms with Crippen LogP contribution in [0, 0.1) is 5.82 Å². The summed E-state index contributed by atoms with van der Waals surface area (Å²) in [6, 6.07) is 15.3. The van der Waals surface area contributed by atoms with Crippen LogP contribution >= 0.6 is 11.8 Å². The average Bonchev–Trinajstić information content (AvgIpc) is 3.18. The van der Waals surface area contributed by atoms with Gasteiger partial charge in [0.05, 0.1) is 11.8 Å². The molecule has 8 heteroatoms. The van der Waals surface area contributed by atoms with E-state index in [9.17, 15) is 9.18 Å². The fourth-order valence-electron chi connectivity index (χ4n) is 2.45. The molecular weight excluding hydrogens is 381 g/mol. The lowest BCUT2D eigenvalue weighted by Gasteiger charge is -2.13. The van der Waals surface area contributed by atoms with Crippen LogP contribution in [0.3, 0.4) is 0 Å². The highest BCUT2D eigenvalue weighted by molar-refractivity contribution is 7.99. The van der Waals surface area contributed by atoms with Gasteiger partial charge in [0.25, 0.3) is 11.1 Å². The average molecular weight is 401 g/mol. The summed E-state index contributed by atoms with van der Waals surface area (Å²) >= 11 is 1.15. The van der Waals surface area contributed by atoms with E-state index in [1.54, 1.807) is 6.92 Å². The van der Waals surface area contributed by atoms with Crippen LogP contribution in [0.4, 0.5) is 4.39 Å². The highest BCUT2D eigenvalue weighted by Crippen LogP contribution is 2.24. The first kappa shape index (κ1) is 19.9. The lowest BCUT2D eigenvalue weighted by Crippen LogP contribution is -2.28. The van der Waals surface area contributed by atoms with Crippen molar-refractivity contribution in [3.8, 4) is 5.75 Å². The first-order valence-electron chi connectivity index (χ1n) is 8.74. The predicted molar refractivity (Wildman–Crippen MR) is 103 cm³/mol. The number of rotatable bonds is 8. The maximum Gasteiger partial charge on any atom is 0.277 e. The molecule has 2 atom stereocenters. The van der Waals surface area contributed by atoms with Gasteiger partial charge >= 0.3 is 0 Å². The van der Waals surface area contributed by atoms with Crippen LogP contribution in [0.5, 0.6) is 5.75 Å². The molecule has 0 spiro atoms. The number of amides is 1. The maximum absolute atomic E-state index is 12.9. The molecule has 0 unspecified atom stereocenters. The van der Waals surface area contributed by atoms with Gasteiger partial charge in [0, 0.05) is 0 Å². The van der Waals surface area contributed by atoms with Crippen molar-refractivity contribution in [2.45, 2.75) is 31.2 Å². The van der Waals surface area contributed by atoms with Crippen molar-refractivity contribution < 1.29 is 18.3 Å². The van der Waals surface area contributed by atoms with E-state index in [1.165, 1.54) is 24.3 Å². The van der Waals surface area contributed by atoms with Crippen molar-refractivity contribution in [2.75, 3.05) is 5.75 Å². The van der Waals surface area contributed by atoms with Crippen LogP contribution in [-0.4, -0.2) is 21.9 Å². The van der Waals surface area contributed by atoms with Gasteiger partial charge in [0.1, 0.15) is 11.6 Å². The summed E-state index contributed by atoms with van der Waals surface area (Å²) in [6.07, 6.45) is -0.501. The molecule has 6 nitrogen and oxygen atoms in total. The Hall–Kier alpha value is -2.87. The number of carbonyl (C=O) groups excluding carboxylic acids is 1. The normalized spacial score (nSPS) is 13.0. The van der Waals surface area contributed by atoms with Crippen molar-refractivity contribution >= 4 is 17.7 Å². The van der Waals surface area contributed by atoms with Crippen LogP contribution in [0.25, 0.3) is 0 Å². The summed E-state index contributed by atoms with van der Waals surface area (Å²) in [5, 5.41) is 11.1. The molecule has 146 valence electrons. The predicted octanol–water partition coefficient (Wildman–Crippen LogP) is 4.32. The Balaban J connectivity index is 1.48. The lowest BCUT2D eigenvalue weighted by molar-refractivity contribution is -0.119. The molecule has 0 saturated carbocycles. The Morgan fingerprint density at radius 2 is 1.86 bits per heavy atom. The van der Waals surface area contributed by atoms with E-state index in [-0.39, 0.29) is 34.6 Å². The van der Waals surface area contributed by atoms with Crippen molar-refractivity contribution in [1.29, 1.82) is 0 Å². The van der Waals surface area contributed by atoms with E-state index in [0.29, 0.717) is 5.75 Å². The van der Waals surface area contributed by atoms with Gasteiger partial charge in [-0.15, -0.1) is 10.2 Å². The summed E-state index contributed by atoms with van der Waals surface area (Å²) in [4.78, 5) is 12.1. The summed E-state index contributed by atoms with van der Waals surface area (Å²) in [5.41, 5.74) is 1.03. The Morgan fingerprint density at radius 1 is 1.14 bits per heavy atom. The van der Waals surface area contributed by atoms with Crippen LogP contribution in [0.2, 0.25) is 0 Å². The number of thioether (sulfide) groups is 1. The van der Waals surface area contributed by atoms with Gasteiger partial charge < -0.3 is 14.5 Å². The van der Waals surface area contributed by atoms with Gasteiger partial charge in [0.15, 0.2) is 6.10 Å². The number of carbonyl (C=O) groups is 1. The molecule has 0 aliphatic rings. The van der Waals surface area contributed by atoms with Crippen molar-refractivity contribution in [2.24, 2.45) is 0 Å². The van der Waals surface area contributed by atoms with Gasteiger partial charge in [-0.3, -0.25) is 4.79 Å². The molecule has 1 aromatic heterocycles. The Morgan fingerprint density at radius 3 is 2.57 bits per heavy atom. The molecule has 0 fully saturated rings. The molecule has 3 aromatic rings. The minimum atomic E-state index is -0.501. The van der Waals surface area contributed by atoms with Crippen LogP contribution < -0.4 is 10.1 Å². The number of nitrogens with one attached hydrogen (secondary N) is 1. The van der Waals surface area contributed by atoms with E-state index in [4.69, 9.17) is 9.15 Å². The third-order valence-corrected chi connectivity index (χ3v) is 4.72. The van der Waals surface area contributed by atoms with Crippen LogP contribution in [-0.2, 0) is 4.79 Å². The van der Waals surface area contributed by atoms with E-state index in [0.717, 1.165) is 17.3 Å². The highest BCUT2D eigenvalue weighted by Gasteiger charge is 2.17. The molecule has 0 aliphatic carbocycles. The number of halogens is 1. The molecule has 0 radical (unpaired) electrons. The topological polar surface area (TPSA) is 77.2 Å². The third-order valence-electron chi connectivity index (χ3n) is 3.90. The summed E-state index contributed by atoms with van der Waals surface area (Å²) in [6.45, 7) is 3.68. The fraction of sp³-hybridized carbons (Fsp3) is 0.250. The van der Waals surface area contributed by atoms with Gasteiger partial charge in [-0.25, -0.2) is 4.39 Å². The standard InChI is InChI=1S/C20H20FN3O3S/c1-13(15-6-4-3-5-7-15)22-18(25)12-28-20-24-23-19(27-20)14(2)26-17-10-8-16(21)9-11-17/h3-11,13-14H,12H2,1-2H3,(H,22,25)/t13-,14+/m1/s1. The summed E-state index contributed by atoms with van der Waals surface area (Å²) < 4.78 is 24.1. The fourth-order valence-corrected chi connectivity index (χ4v) is 3.03. The number of hydrogen-bond donors (Lipinski definition) is 1. The molecule has 2 aromatic carbocycles. The summed E-state index contributed by atoms with van der Waals surface area (Å²) in [5.74, 6) is 0.472. The molecule has 1 N–H and O–H groups in total. The zero-order valence-corrected chi connectivity index (χ0v) is 16.3. The van der Waals surface area contributed by atoms with Gasteiger partial charge in [-0.05, 0) is 43.7 Å². The molecular formula is C20H20FN3O3S. The molecule has 0 saturated heterocycles. The Labute approximate surface area is 166 Å². The second-order valence-corrected chi connectivity index (χ2v) is 7.04. The smallest absolute Gasteiger partial charge is 0.277 e. The van der Waals surface area contributed by atoms with Crippen LogP contribution in [0.15, 0.2) is 64.2 Å². The van der Waals surface area contributed by atoms with Gasteiger partial charge in [-0.2, -0.15) is 0 Å². The Kier molecular flexibility index (Phi) is 6.65. The minimum Gasteiger partial charge on any atom is -0.481 e. The number of ether oxygens (including phenoxy) is 1. The highest BCUT2D eigenvalue weighted by atomic mass is 32.2. The Bertz CT molecular complexity index is 903. The maximum atomic E-state index is 12.9. The first-order valence-corrected chi connectivity index (χ1v) is 9.72. The van der Waals surface area contributed by atoms with Gasteiger partial charge in [-0.1, -0.05) is 42.1 Å². The third kappa shape index (κ3) is 5.56. The van der Waals surface area contributed by atoms with Crippen molar-refractivity contribution in [1.82, 2.24) is 15.5 Å². The zero-order chi connectivity index (χ0) is 19.9. The molecule has 3 rings (SSSR count). The molecule has 28 heavy (non-hydrogen) atoms. The second kappa shape index (κ2) is 9.36. The van der Waals surface area contributed by atoms with E-state index < -0.39 is 6.10 Å². The first-order chi connectivity index (χ1) is 13.5. The van der Waals surface area contributed by atoms with Crippen LogP contribution in [0.1, 0.15) is 37.4 Å². The van der Waals surface area contributed by atoms with E-state index in [1.807, 2.05) is 37.3 Å².